The van der Waals surface area contributed by atoms with Crippen LogP contribution in [0.15, 0.2) is 22.7 Å². The van der Waals surface area contributed by atoms with Gasteiger partial charge in [-0.15, -0.1) is 0 Å². The second-order valence-corrected chi connectivity index (χ2v) is 6.68. The Morgan fingerprint density at radius 1 is 1.19 bits per heavy atom. The van der Waals surface area contributed by atoms with Crippen molar-refractivity contribution in [2.24, 2.45) is 0 Å². The molecule has 0 saturated carbocycles. The van der Waals surface area contributed by atoms with Gasteiger partial charge in [0.25, 0.3) is 5.91 Å². The van der Waals surface area contributed by atoms with E-state index >= 15 is 0 Å². The van der Waals surface area contributed by atoms with Crippen molar-refractivity contribution in [1.82, 2.24) is 15.1 Å². The molecule has 9 heteroatoms. The molecule has 0 aliphatic carbocycles. The van der Waals surface area contributed by atoms with Crippen LogP contribution in [0.2, 0.25) is 0 Å². The van der Waals surface area contributed by atoms with Gasteiger partial charge in [0.15, 0.2) is 0 Å². The van der Waals surface area contributed by atoms with Crippen LogP contribution in [0.5, 0.6) is 0 Å². The summed E-state index contributed by atoms with van der Waals surface area (Å²) in [5.41, 5.74) is 0.181. The number of amides is 3. The molecule has 1 aliphatic rings. The lowest BCUT2D eigenvalue weighted by atomic mass is 10.2. The van der Waals surface area contributed by atoms with E-state index in [0.29, 0.717) is 37.1 Å². The molecule has 7 nitrogen and oxygen atoms in total. The van der Waals surface area contributed by atoms with E-state index in [9.17, 15) is 18.8 Å². The molecule has 0 aromatic heterocycles. The lowest BCUT2D eigenvalue weighted by molar-refractivity contribution is -0.130. The van der Waals surface area contributed by atoms with Gasteiger partial charge in [-0.3, -0.25) is 9.59 Å². The molecule has 0 unspecified atom stereocenters. The van der Waals surface area contributed by atoms with E-state index in [4.69, 9.17) is 4.74 Å². The zero-order valence-electron chi connectivity index (χ0n) is 14.5. The topological polar surface area (TPSA) is 79.0 Å². The predicted octanol–water partition coefficient (Wildman–Crippen LogP) is 2.01. The molecular weight excluding hydrogens is 409 g/mol. The molecule has 1 aromatic carbocycles. The van der Waals surface area contributed by atoms with Crippen LogP contribution in [0, 0.1) is 5.82 Å². The monoisotopic (exact) mass is 429 g/mol. The third kappa shape index (κ3) is 5.42. The Kier molecular flexibility index (Phi) is 7.38. The van der Waals surface area contributed by atoms with Gasteiger partial charge in [0.1, 0.15) is 5.82 Å². The van der Waals surface area contributed by atoms with Gasteiger partial charge in [0.2, 0.25) is 5.91 Å². The van der Waals surface area contributed by atoms with Gasteiger partial charge in [0, 0.05) is 43.6 Å². The summed E-state index contributed by atoms with van der Waals surface area (Å²) in [4.78, 5) is 39.2. The van der Waals surface area contributed by atoms with Gasteiger partial charge < -0.3 is 19.9 Å². The molecule has 0 atom stereocenters. The minimum absolute atomic E-state index is 0.102. The Labute approximate surface area is 159 Å². The van der Waals surface area contributed by atoms with Gasteiger partial charge in [-0.25, -0.2) is 9.18 Å². The van der Waals surface area contributed by atoms with E-state index in [-0.39, 0.29) is 24.4 Å². The first-order chi connectivity index (χ1) is 12.4. The van der Waals surface area contributed by atoms with Gasteiger partial charge in [-0.2, -0.15) is 0 Å². The first-order valence-corrected chi connectivity index (χ1v) is 9.05. The maximum Gasteiger partial charge on any atom is 0.409 e. The molecule has 2 rings (SSSR count). The first-order valence-electron chi connectivity index (χ1n) is 8.26. The highest BCUT2D eigenvalue weighted by Crippen LogP contribution is 2.17. The number of carbonyl (C=O) groups is 3. The Morgan fingerprint density at radius 2 is 1.88 bits per heavy atom. The van der Waals surface area contributed by atoms with Crippen LogP contribution < -0.4 is 5.32 Å². The average molecular weight is 430 g/mol. The molecule has 1 N–H and O–H groups in total. The summed E-state index contributed by atoms with van der Waals surface area (Å²) in [6.07, 6.45) is 0.410. The maximum atomic E-state index is 13.3. The average Bonchev–Trinajstić information content (AvgIpc) is 2.89. The van der Waals surface area contributed by atoms with Gasteiger partial charge >= 0.3 is 6.09 Å². The van der Waals surface area contributed by atoms with E-state index in [0.717, 1.165) is 6.07 Å². The Bertz CT molecular complexity index is 686. The normalized spacial score (nSPS) is 14.6. The molecular formula is C17H21BrFN3O4. The summed E-state index contributed by atoms with van der Waals surface area (Å²) in [7, 11) is 1.33. The van der Waals surface area contributed by atoms with Crippen molar-refractivity contribution in [2.75, 3.05) is 39.8 Å². The third-order valence-corrected chi connectivity index (χ3v) is 4.77. The van der Waals surface area contributed by atoms with Crippen molar-refractivity contribution in [3.8, 4) is 0 Å². The molecule has 0 spiro atoms. The second kappa shape index (κ2) is 9.51. The van der Waals surface area contributed by atoms with Gasteiger partial charge in [0.05, 0.1) is 12.7 Å². The van der Waals surface area contributed by atoms with Crippen LogP contribution in [-0.2, 0) is 9.53 Å². The molecule has 0 bridgehead atoms. The number of benzene rings is 1. The summed E-state index contributed by atoms with van der Waals surface area (Å²) in [5, 5.41) is 2.62. The number of nitrogens with zero attached hydrogens (tertiary/aromatic N) is 2. The number of hydrogen-bond acceptors (Lipinski definition) is 4. The Morgan fingerprint density at radius 3 is 2.62 bits per heavy atom. The molecule has 1 aromatic rings. The lowest BCUT2D eigenvalue weighted by Gasteiger charge is -2.21. The number of ether oxygens (including phenoxy) is 1. The van der Waals surface area contributed by atoms with E-state index in [1.54, 1.807) is 9.80 Å². The number of halogens is 2. The van der Waals surface area contributed by atoms with Crippen molar-refractivity contribution in [3.63, 3.8) is 0 Å². The molecule has 26 heavy (non-hydrogen) atoms. The van der Waals surface area contributed by atoms with Crippen LogP contribution in [0.25, 0.3) is 0 Å². The Balaban J connectivity index is 1.80. The molecule has 1 aliphatic heterocycles. The van der Waals surface area contributed by atoms with Crippen LogP contribution in [-0.4, -0.2) is 67.5 Å². The van der Waals surface area contributed by atoms with Crippen molar-refractivity contribution in [2.45, 2.75) is 12.8 Å². The number of nitrogens with one attached hydrogen (secondary N) is 1. The maximum absolute atomic E-state index is 13.3. The molecule has 0 radical (unpaired) electrons. The summed E-state index contributed by atoms with van der Waals surface area (Å²) >= 11 is 3.20. The molecule has 142 valence electrons. The second-order valence-electron chi connectivity index (χ2n) is 5.82. The highest BCUT2D eigenvalue weighted by atomic mass is 79.9. The first kappa shape index (κ1) is 20.2. The minimum Gasteiger partial charge on any atom is -0.453 e. The smallest absolute Gasteiger partial charge is 0.409 e. The van der Waals surface area contributed by atoms with Gasteiger partial charge in [-0.1, -0.05) is 0 Å². The fraction of sp³-hybridized carbons (Fsp3) is 0.471. The third-order valence-electron chi connectivity index (χ3n) is 4.08. The van der Waals surface area contributed by atoms with Gasteiger partial charge in [-0.05, 0) is 40.5 Å². The Hall–Kier alpha value is -2.16. The fourth-order valence-corrected chi connectivity index (χ4v) is 3.11. The van der Waals surface area contributed by atoms with Crippen molar-refractivity contribution in [3.05, 3.63) is 34.1 Å². The summed E-state index contributed by atoms with van der Waals surface area (Å²) in [6.45, 7) is 2.09. The quantitative estimate of drug-likeness (QED) is 0.793. The zero-order chi connectivity index (χ0) is 19.1. The van der Waals surface area contributed by atoms with Crippen LogP contribution in [0.3, 0.4) is 0 Å². The fourth-order valence-electron chi connectivity index (χ4n) is 2.69. The van der Waals surface area contributed by atoms with Crippen molar-refractivity contribution in [1.29, 1.82) is 0 Å². The van der Waals surface area contributed by atoms with Crippen LogP contribution >= 0.6 is 15.9 Å². The lowest BCUT2D eigenvalue weighted by Crippen LogP contribution is -2.38. The molecule has 3 amide bonds. The molecule has 1 fully saturated rings. The number of methoxy groups -OCH3 is 1. The van der Waals surface area contributed by atoms with Crippen molar-refractivity contribution < 1.29 is 23.5 Å². The van der Waals surface area contributed by atoms with E-state index in [2.05, 4.69) is 21.2 Å². The zero-order valence-corrected chi connectivity index (χ0v) is 16.1. The molecule has 1 saturated heterocycles. The minimum atomic E-state index is -0.505. The largest absolute Gasteiger partial charge is 0.453 e. The van der Waals surface area contributed by atoms with Crippen LogP contribution in [0.4, 0.5) is 9.18 Å². The highest BCUT2D eigenvalue weighted by Gasteiger charge is 2.22. The number of rotatable bonds is 4. The van der Waals surface area contributed by atoms with Crippen molar-refractivity contribution >= 4 is 33.8 Å². The summed E-state index contributed by atoms with van der Waals surface area (Å²) < 4.78 is 18.4. The number of carbonyl (C=O) groups excluding carboxylic acids is 3. The predicted molar refractivity (Wildman–Crippen MR) is 96.2 cm³/mol. The SMILES string of the molecule is COC(=O)N1CCCN(C(=O)CCNC(=O)c2cc(F)ccc2Br)CC1. The van der Waals surface area contributed by atoms with Crippen LogP contribution in [0.1, 0.15) is 23.2 Å². The number of hydrogen-bond donors (Lipinski definition) is 1. The standard InChI is InChI=1S/C17H21BrFN3O4/c1-26-17(25)22-8-2-7-21(9-10-22)15(23)5-6-20-16(24)13-11-12(19)3-4-14(13)18/h3-4,11H,2,5-10H2,1H3,(H,20,24). The van der Waals surface area contributed by atoms with E-state index in [1.165, 1.54) is 19.2 Å². The summed E-state index contributed by atoms with van der Waals surface area (Å²) in [6, 6.07) is 3.85. The van der Waals surface area contributed by atoms with E-state index in [1.807, 2.05) is 0 Å². The van der Waals surface area contributed by atoms with E-state index < -0.39 is 17.8 Å². The molecule has 1 heterocycles. The highest BCUT2D eigenvalue weighted by molar-refractivity contribution is 9.10. The summed E-state index contributed by atoms with van der Waals surface area (Å²) in [5.74, 6) is -1.05.